The van der Waals surface area contributed by atoms with Crippen molar-refractivity contribution < 1.29 is 18.2 Å². The number of aliphatic carboxylic acids is 1. The van der Waals surface area contributed by atoms with Crippen molar-refractivity contribution in [3.05, 3.63) is 0 Å². The summed E-state index contributed by atoms with van der Waals surface area (Å²) in [5.41, 5.74) is 5.16. The van der Waals surface area contributed by atoms with Crippen LogP contribution in [0.15, 0.2) is 0 Å². The fourth-order valence-electron chi connectivity index (χ4n) is 0.285. The Hall–Kier alpha value is 0.650. The molecule has 5 N–H and O–H groups in total. The molecule has 10 heavy (non-hydrogen) atoms. The number of nitrogens with two attached hydrogens (primary N) is 1. The molecular formula is C5H15CaNO3. The van der Waals surface area contributed by atoms with Crippen LogP contribution >= 0.6 is 0 Å². The van der Waals surface area contributed by atoms with Gasteiger partial charge in [0.05, 0.1) is 0 Å². The van der Waals surface area contributed by atoms with Gasteiger partial charge in [-0.3, -0.25) is 4.79 Å². The summed E-state index contributed by atoms with van der Waals surface area (Å²) >= 11 is 0. The van der Waals surface area contributed by atoms with E-state index in [2.05, 4.69) is 0 Å². The first-order valence-electron chi connectivity index (χ1n) is 2.54. The molecule has 1 atom stereocenters. The van der Waals surface area contributed by atoms with Gasteiger partial charge >= 0.3 is 43.7 Å². The maximum absolute atomic E-state index is 10.0. The van der Waals surface area contributed by atoms with E-state index in [1.807, 2.05) is 0 Å². The molecule has 0 saturated carbocycles. The first-order valence-corrected chi connectivity index (χ1v) is 2.54. The molecule has 0 aliphatic heterocycles. The molecular weight excluding hydrogens is 162 g/mol. The summed E-state index contributed by atoms with van der Waals surface area (Å²) in [5, 5.41) is 8.23. The van der Waals surface area contributed by atoms with Crippen LogP contribution in [-0.2, 0) is 4.79 Å². The van der Waals surface area contributed by atoms with Crippen LogP contribution in [0.3, 0.4) is 0 Å². The maximum Gasteiger partial charge on any atom is 2.00 e. The van der Waals surface area contributed by atoms with Crippen LogP contribution in [0.2, 0.25) is 0 Å². The third-order valence-corrected chi connectivity index (χ3v) is 1.00. The Balaban J connectivity index is -0.0000000408. The van der Waals surface area contributed by atoms with Gasteiger partial charge in [-0.1, -0.05) is 13.8 Å². The number of carbonyl (C=O) groups is 1. The summed E-state index contributed by atoms with van der Waals surface area (Å²) < 4.78 is 0. The van der Waals surface area contributed by atoms with Gasteiger partial charge in [0.1, 0.15) is 6.04 Å². The van der Waals surface area contributed by atoms with Gasteiger partial charge in [0.25, 0.3) is 0 Å². The van der Waals surface area contributed by atoms with Gasteiger partial charge in [-0.15, -0.1) is 0 Å². The second-order valence-corrected chi connectivity index (χ2v) is 2.11. The first-order chi connectivity index (χ1) is 3.55. The Labute approximate surface area is 93.1 Å². The normalized spacial score (nSPS) is 11.2. The van der Waals surface area contributed by atoms with Gasteiger partial charge in [-0.05, 0) is 5.92 Å². The summed E-state index contributed by atoms with van der Waals surface area (Å²) in [5.74, 6) is -0.910. The standard InChI is InChI=1S/C5H11NO2.Ca.H2O.2H/c1-3(2)4(6)5(7)8;;;;/h3-4H,6H2,1-2H3,(H,7,8);;1H2;;/q;+2;;2*-1. The topological polar surface area (TPSA) is 94.8 Å². The Kier molecular flexibility index (Phi) is 13.1. The summed E-state index contributed by atoms with van der Waals surface area (Å²) in [6.45, 7) is 3.55. The van der Waals surface area contributed by atoms with Gasteiger partial charge < -0.3 is 19.2 Å². The summed E-state index contributed by atoms with van der Waals surface area (Å²) in [6.07, 6.45) is 0. The predicted molar refractivity (Wildman–Crippen MR) is 42.0 cm³/mol. The zero-order valence-electron chi connectivity index (χ0n) is 8.29. The van der Waals surface area contributed by atoms with Crippen LogP contribution in [0.1, 0.15) is 16.7 Å². The molecule has 0 heterocycles. The number of hydrogen-bond acceptors (Lipinski definition) is 2. The Bertz CT molecular complexity index is 105. The fourth-order valence-corrected chi connectivity index (χ4v) is 0.285. The van der Waals surface area contributed by atoms with Crippen molar-refractivity contribution >= 4 is 43.7 Å². The van der Waals surface area contributed by atoms with E-state index in [4.69, 9.17) is 10.8 Å². The minimum atomic E-state index is -0.931. The molecule has 1 unspecified atom stereocenters. The molecule has 60 valence electrons. The van der Waals surface area contributed by atoms with Gasteiger partial charge in [0, 0.05) is 0 Å². The molecule has 4 nitrogen and oxygen atoms in total. The van der Waals surface area contributed by atoms with Gasteiger partial charge in [-0.25, -0.2) is 0 Å². The molecule has 0 rings (SSSR count). The fraction of sp³-hybridized carbons (Fsp3) is 0.800. The minimum Gasteiger partial charge on any atom is -1.00 e. The molecule has 0 aromatic carbocycles. The molecule has 0 aliphatic rings. The van der Waals surface area contributed by atoms with Crippen LogP contribution in [-0.4, -0.2) is 60.3 Å². The third-order valence-electron chi connectivity index (χ3n) is 1.00. The molecule has 0 saturated heterocycles. The van der Waals surface area contributed by atoms with Crippen molar-refractivity contribution in [2.45, 2.75) is 19.9 Å². The van der Waals surface area contributed by atoms with E-state index in [0.717, 1.165) is 0 Å². The molecule has 0 aromatic rings. The average molecular weight is 177 g/mol. The van der Waals surface area contributed by atoms with E-state index in [1.165, 1.54) is 0 Å². The monoisotopic (exact) mass is 177 g/mol. The first kappa shape index (κ1) is 16.9. The van der Waals surface area contributed by atoms with Crippen LogP contribution in [0, 0.1) is 5.92 Å². The van der Waals surface area contributed by atoms with E-state index in [1.54, 1.807) is 13.8 Å². The number of carboxylic acids is 1. The Morgan fingerprint density at radius 1 is 1.60 bits per heavy atom. The van der Waals surface area contributed by atoms with Crippen molar-refractivity contribution in [2.75, 3.05) is 0 Å². The summed E-state index contributed by atoms with van der Waals surface area (Å²) in [4.78, 5) is 10.0. The third kappa shape index (κ3) is 6.77. The number of carboxylic acid groups (broad SMARTS) is 1. The maximum atomic E-state index is 10.0. The summed E-state index contributed by atoms with van der Waals surface area (Å²) in [7, 11) is 0. The van der Waals surface area contributed by atoms with Gasteiger partial charge in [-0.2, -0.15) is 0 Å². The van der Waals surface area contributed by atoms with Gasteiger partial charge in [0.15, 0.2) is 0 Å². The second kappa shape index (κ2) is 7.75. The van der Waals surface area contributed by atoms with Crippen molar-refractivity contribution in [3.63, 3.8) is 0 Å². The Morgan fingerprint density at radius 3 is 1.90 bits per heavy atom. The molecule has 0 aromatic heterocycles. The molecule has 0 amide bonds. The van der Waals surface area contributed by atoms with Crippen molar-refractivity contribution in [1.82, 2.24) is 0 Å². The minimum absolute atomic E-state index is 0. The molecule has 0 bridgehead atoms. The molecule has 0 fully saturated rings. The average Bonchev–Trinajstić information content (AvgIpc) is 1.64. The SMILES string of the molecule is CC(C)C(N)C(=O)O.O.[Ca+2].[H-].[H-]. The second-order valence-electron chi connectivity index (χ2n) is 2.11. The van der Waals surface area contributed by atoms with E-state index in [-0.39, 0.29) is 52.0 Å². The summed E-state index contributed by atoms with van der Waals surface area (Å²) in [6, 6.07) is -0.713. The number of rotatable bonds is 2. The van der Waals surface area contributed by atoms with Crippen LogP contribution in [0.5, 0.6) is 0 Å². The van der Waals surface area contributed by atoms with Crippen molar-refractivity contribution in [3.8, 4) is 0 Å². The molecule has 5 heteroatoms. The van der Waals surface area contributed by atoms with Crippen molar-refractivity contribution in [1.29, 1.82) is 0 Å². The number of hydrogen-bond donors (Lipinski definition) is 2. The quantitative estimate of drug-likeness (QED) is 0.534. The molecule has 0 radical (unpaired) electrons. The van der Waals surface area contributed by atoms with E-state index < -0.39 is 12.0 Å². The Morgan fingerprint density at radius 2 is 1.90 bits per heavy atom. The predicted octanol–water partition coefficient (Wildman–Crippen LogP) is -0.926. The zero-order chi connectivity index (χ0) is 6.73. The zero-order valence-corrected chi connectivity index (χ0v) is 8.50. The van der Waals surface area contributed by atoms with Crippen LogP contribution in [0.25, 0.3) is 0 Å². The largest absolute Gasteiger partial charge is 2.00 e. The van der Waals surface area contributed by atoms with E-state index in [9.17, 15) is 4.79 Å². The van der Waals surface area contributed by atoms with Gasteiger partial charge in [0.2, 0.25) is 0 Å². The molecule has 0 spiro atoms. The van der Waals surface area contributed by atoms with Crippen LogP contribution in [0.4, 0.5) is 0 Å². The van der Waals surface area contributed by atoms with E-state index >= 15 is 0 Å². The van der Waals surface area contributed by atoms with Crippen molar-refractivity contribution in [2.24, 2.45) is 11.7 Å². The molecule has 0 aliphatic carbocycles. The van der Waals surface area contributed by atoms with Crippen LogP contribution < -0.4 is 5.73 Å². The smallest absolute Gasteiger partial charge is 1.00 e. The van der Waals surface area contributed by atoms with E-state index in [0.29, 0.717) is 0 Å².